The number of nitrogens with one attached hydrogen (secondary N) is 1. The van der Waals surface area contributed by atoms with Crippen molar-refractivity contribution < 1.29 is 19.5 Å². The number of likely N-dealkylation sites (N-methyl/N-ethyl adjacent to an activating group) is 1. The smallest absolute Gasteiger partial charge is 0.347 e. The molecule has 0 heterocycles. The first-order valence-electron chi connectivity index (χ1n) is 7.54. The fourth-order valence-corrected chi connectivity index (χ4v) is 2.77. The molecule has 0 unspecified atom stereocenters. The van der Waals surface area contributed by atoms with Crippen LogP contribution in [0.1, 0.15) is 11.1 Å². The summed E-state index contributed by atoms with van der Waals surface area (Å²) in [6, 6.07) is 14.0. The van der Waals surface area contributed by atoms with Crippen molar-refractivity contribution >= 4 is 37.8 Å². The van der Waals surface area contributed by atoms with Crippen molar-refractivity contribution in [3.05, 3.63) is 68.6 Å². The summed E-state index contributed by atoms with van der Waals surface area (Å²) in [4.78, 5) is 13.9. The summed E-state index contributed by atoms with van der Waals surface area (Å²) in [5.41, 5.74) is -0.909. The molecule has 24 heavy (non-hydrogen) atoms. The van der Waals surface area contributed by atoms with Crippen LogP contribution in [0, 0.1) is 0 Å². The second-order valence-electron chi connectivity index (χ2n) is 5.82. The van der Waals surface area contributed by atoms with Gasteiger partial charge in [0.05, 0.1) is 14.1 Å². The Morgan fingerprint density at radius 3 is 1.79 bits per heavy atom. The lowest BCUT2D eigenvalue weighted by molar-refractivity contribution is -0.858. The highest BCUT2D eigenvalue weighted by Crippen LogP contribution is 2.32. The quantitative estimate of drug-likeness (QED) is 0.653. The molecule has 0 aliphatic rings. The van der Waals surface area contributed by atoms with E-state index in [-0.39, 0.29) is 6.61 Å². The summed E-state index contributed by atoms with van der Waals surface area (Å²) in [5.74, 6) is -0.673. The number of benzene rings is 2. The van der Waals surface area contributed by atoms with Gasteiger partial charge >= 0.3 is 5.97 Å². The van der Waals surface area contributed by atoms with Crippen molar-refractivity contribution in [2.45, 2.75) is 5.60 Å². The third-order valence-electron chi connectivity index (χ3n) is 3.65. The van der Waals surface area contributed by atoms with Crippen LogP contribution in [0.5, 0.6) is 0 Å². The van der Waals surface area contributed by atoms with E-state index in [0.717, 1.165) is 8.95 Å². The van der Waals surface area contributed by atoms with Crippen LogP contribution in [-0.4, -0.2) is 38.3 Å². The van der Waals surface area contributed by atoms with Gasteiger partial charge in [0.2, 0.25) is 5.60 Å². The van der Waals surface area contributed by atoms with Crippen LogP contribution in [0.15, 0.2) is 57.5 Å². The number of hydrogen-bond acceptors (Lipinski definition) is 3. The minimum atomic E-state index is -1.84. The lowest BCUT2D eigenvalue weighted by Gasteiger charge is -2.27. The van der Waals surface area contributed by atoms with Crippen molar-refractivity contribution in [2.75, 3.05) is 27.2 Å². The Morgan fingerprint density at radius 1 is 1.00 bits per heavy atom. The number of halogens is 2. The number of esters is 1. The topological polar surface area (TPSA) is 51.0 Å². The SMILES string of the molecule is C[NH+](C)CCOC(=O)C(O)(c1ccc(Br)cc1)c1ccc(Br)cc1. The predicted molar refractivity (Wildman–Crippen MR) is 99.9 cm³/mol. The minimum Gasteiger partial charge on any atom is -0.457 e. The summed E-state index contributed by atoms with van der Waals surface area (Å²) in [6.07, 6.45) is 0. The molecule has 2 rings (SSSR count). The average molecular weight is 458 g/mol. The number of ether oxygens (including phenoxy) is 1. The van der Waals surface area contributed by atoms with Gasteiger partial charge in [-0.15, -0.1) is 0 Å². The molecule has 2 aromatic carbocycles. The highest BCUT2D eigenvalue weighted by molar-refractivity contribution is 9.10. The van der Waals surface area contributed by atoms with E-state index < -0.39 is 11.6 Å². The minimum absolute atomic E-state index is 0.247. The molecule has 4 nitrogen and oxygen atoms in total. The Bertz CT molecular complexity index is 639. The van der Waals surface area contributed by atoms with Crippen molar-refractivity contribution in [3.63, 3.8) is 0 Å². The molecule has 2 N–H and O–H groups in total. The second kappa shape index (κ2) is 8.25. The molecule has 0 atom stereocenters. The number of carbonyl (C=O) groups is 1. The van der Waals surface area contributed by atoms with Gasteiger partial charge < -0.3 is 14.7 Å². The Labute approximate surface area is 158 Å². The number of carbonyl (C=O) groups excluding carboxylic acids is 1. The predicted octanol–water partition coefficient (Wildman–Crippen LogP) is 2.14. The maximum atomic E-state index is 12.7. The maximum Gasteiger partial charge on any atom is 0.347 e. The van der Waals surface area contributed by atoms with Crippen LogP contribution < -0.4 is 4.90 Å². The number of quaternary nitrogens is 1. The van der Waals surface area contributed by atoms with Crippen molar-refractivity contribution in [2.24, 2.45) is 0 Å². The monoisotopic (exact) mass is 456 g/mol. The molecule has 0 fully saturated rings. The summed E-state index contributed by atoms with van der Waals surface area (Å²) in [5, 5.41) is 11.3. The molecule has 0 spiro atoms. The lowest BCUT2D eigenvalue weighted by atomic mass is 9.86. The zero-order chi connectivity index (χ0) is 17.7. The summed E-state index contributed by atoms with van der Waals surface area (Å²) in [7, 11) is 3.95. The van der Waals surface area contributed by atoms with E-state index in [4.69, 9.17) is 4.74 Å². The fourth-order valence-electron chi connectivity index (χ4n) is 2.24. The maximum absolute atomic E-state index is 12.7. The number of hydrogen-bond donors (Lipinski definition) is 2. The van der Waals surface area contributed by atoms with E-state index in [0.29, 0.717) is 17.7 Å². The van der Waals surface area contributed by atoms with Crippen molar-refractivity contribution in [1.82, 2.24) is 0 Å². The van der Waals surface area contributed by atoms with E-state index in [9.17, 15) is 9.90 Å². The number of aliphatic hydroxyl groups is 1. The molecule has 0 saturated heterocycles. The van der Waals surface area contributed by atoms with Gasteiger partial charge in [-0.1, -0.05) is 56.1 Å². The molecule has 0 radical (unpaired) electrons. The van der Waals surface area contributed by atoms with E-state index in [2.05, 4.69) is 31.9 Å². The standard InChI is InChI=1S/C18H19Br2NO3/c1-21(2)11-12-24-17(22)18(23,13-3-7-15(19)8-4-13)14-5-9-16(20)10-6-14/h3-10,23H,11-12H2,1-2H3/p+1. The highest BCUT2D eigenvalue weighted by Gasteiger charge is 2.41. The van der Waals surface area contributed by atoms with E-state index >= 15 is 0 Å². The van der Waals surface area contributed by atoms with Gasteiger partial charge in [-0.2, -0.15) is 0 Å². The zero-order valence-corrected chi connectivity index (χ0v) is 16.7. The van der Waals surface area contributed by atoms with Crippen LogP contribution in [-0.2, 0) is 15.1 Å². The molecule has 2 aromatic rings. The summed E-state index contributed by atoms with van der Waals surface area (Å²) < 4.78 is 7.09. The number of rotatable bonds is 6. The van der Waals surface area contributed by atoms with Gasteiger partial charge in [0.25, 0.3) is 0 Å². The van der Waals surface area contributed by atoms with Gasteiger partial charge in [-0.05, 0) is 35.4 Å². The Balaban J connectivity index is 2.38. The summed E-state index contributed by atoms with van der Waals surface area (Å²) >= 11 is 6.73. The second-order valence-corrected chi connectivity index (χ2v) is 7.65. The molecule has 0 aromatic heterocycles. The molecule has 0 saturated carbocycles. The van der Waals surface area contributed by atoms with Gasteiger partial charge in [0.15, 0.2) is 0 Å². The molecule has 6 heteroatoms. The third kappa shape index (κ3) is 4.45. The van der Waals surface area contributed by atoms with Crippen LogP contribution in [0.3, 0.4) is 0 Å². The van der Waals surface area contributed by atoms with Gasteiger partial charge in [-0.25, -0.2) is 4.79 Å². The Hall–Kier alpha value is -1.21. The molecule has 128 valence electrons. The largest absolute Gasteiger partial charge is 0.457 e. The lowest BCUT2D eigenvalue weighted by Crippen LogP contribution is -3.06. The van der Waals surface area contributed by atoms with E-state index in [1.165, 1.54) is 4.90 Å². The molecule has 0 aliphatic heterocycles. The van der Waals surface area contributed by atoms with Crippen LogP contribution in [0.2, 0.25) is 0 Å². The molecular formula is C18H20Br2NO3+. The van der Waals surface area contributed by atoms with Gasteiger partial charge in [-0.3, -0.25) is 0 Å². The first-order valence-corrected chi connectivity index (χ1v) is 9.13. The molecular weight excluding hydrogens is 438 g/mol. The highest BCUT2D eigenvalue weighted by atomic mass is 79.9. The summed E-state index contributed by atoms with van der Waals surface area (Å²) in [6.45, 7) is 0.916. The Kier molecular flexibility index (Phi) is 6.57. The van der Waals surface area contributed by atoms with Gasteiger partial charge in [0.1, 0.15) is 13.2 Å². The Morgan fingerprint density at radius 2 is 1.42 bits per heavy atom. The zero-order valence-electron chi connectivity index (χ0n) is 13.6. The molecule has 0 bridgehead atoms. The van der Waals surface area contributed by atoms with Crippen LogP contribution >= 0.6 is 31.9 Å². The van der Waals surface area contributed by atoms with Crippen molar-refractivity contribution in [1.29, 1.82) is 0 Å². The normalized spacial score (nSPS) is 11.6. The molecule has 0 amide bonds. The van der Waals surface area contributed by atoms with Gasteiger partial charge in [0, 0.05) is 8.95 Å². The van der Waals surface area contributed by atoms with E-state index in [1.54, 1.807) is 48.5 Å². The van der Waals surface area contributed by atoms with Crippen LogP contribution in [0.25, 0.3) is 0 Å². The molecule has 0 aliphatic carbocycles. The van der Waals surface area contributed by atoms with E-state index in [1.807, 2.05) is 14.1 Å². The first-order chi connectivity index (χ1) is 11.3. The third-order valence-corrected chi connectivity index (χ3v) is 4.71. The van der Waals surface area contributed by atoms with Crippen LogP contribution in [0.4, 0.5) is 0 Å². The average Bonchev–Trinajstić information content (AvgIpc) is 2.55. The first kappa shape index (κ1) is 19.1. The van der Waals surface area contributed by atoms with Crippen molar-refractivity contribution in [3.8, 4) is 0 Å². The fraction of sp³-hybridized carbons (Fsp3) is 0.278.